The van der Waals surface area contributed by atoms with Crippen LogP contribution >= 0.6 is 36.2 Å². The van der Waals surface area contributed by atoms with E-state index >= 15 is 0 Å². The van der Waals surface area contributed by atoms with Gasteiger partial charge in [0.15, 0.2) is 0 Å². The highest BCUT2D eigenvalue weighted by Crippen LogP contribution is 2.17. The highest BCUT2D eigenvalue weighted by Gasteiger charge is 2.23. The number of hydrogen-bond acceptors (Lipinski definition) is 5. The topological polar surface area (TPSA) is 62.5 Å². The Hall–Kier alpha value is -1.34. The lowest BCUT2D eigenvalue weighted by molar-refractivity contribution is 0.0741. The van der Waals surface area contributed by atoms with Crippen LogP contribution in [0.4, 0.5) is 5.69 Å². The van der Waals surface area contributed by atoms with E-state index < -0.39 is 0 Å². The quantitative estimate of drug-likeness (QED) is 0.895. The van der Waals surface area contributed by atoms with Crippen LogP contribution in [0.25, 0.3) is 0 Å². The molecule has 126 valence electrons. The molecule has 0 bridgehead atoms. The average molecular weight is 375 g/mol. The third kappa shape index (κ3) is 4.57. The van der Waals surface area contributed by atoms with Crippen molar-refractivity contribution in [2.45, 2.75) is 6.54 Å². The van der Waals surface area contributed by atoms with Crippen molar-refractivity contribution in [3.8, 4) is 0 Å². The number of halogens is 2. The molecule has 2 aromatic rings. The third-order valence-corrected chi connectivity index (χ3v) is 4.50. The summed E-state index contributed by atoms with van der Waals surface area (Å²) in [6.07, 6.45) is 0. The van der Waals surface area contributed by atoms with E-state index in [0.717, 1.165) is 31.2 Å². The summed E-state index contributed by atoms with van der Waals surface area (Å²) in [6, 6.07) is 10.3. The fourth-order valence-electron chi connectivity index (χ4n) is 2.47. The number of anilines is 1. The van der Waals surface area contributed by atoms with Gasteiger partial charge in [-0.3, -0.25) is 4.79 Å². The molecule has 1 aromatic carbocycles. The predicted octanol–water partition coefficient (Wildman–Crippen LogP) is 2.41. The number of amides is 1. The van der Waals surface area contributed by atoms with Crippen molar-refractivity contribution in [1.82, 2.24) is 9.88 Å². The number of carbonyl (C=O) groups excluding carboxylic acids is 1. The second kappa shape index (κ2) is 9.08. The van der Waals surface area contributed by atoms with Gasteiger partial charge in [-0.25, -0.2) is 4.98 Å². The molecule has 1 aromatic heterocycles. The number of rotatable bonds is 3. The van der Waals surface area contributed by atoms with Crippen LogP contribution < -0.4 is 10.6 Å². The summed E-state index contributed by atoms with van der Waals surface area (Å²) in [7, 11) is 0. The van der Waals surface area contributed by atoms with Gasteiger partial charge in [-0.15, -0.1) is 36.2 Å². The van der Waals surface area contributed by atoms with Gasteiger partial charge < -0.3 is 15.5 Å². The molecule has 0 saturated carbocycles. The third-order valence-electron chi connectivity index (χ3n) is 3.63. The van der Waals surface area contributed by atoms with E-state index in [1.807, 2.05) is 23.1 Å². The Morgan fingerprint density at radius 1 is 1.13 bits per heavy atom. The summed E-state index contributed by atoms with van der Waals surface area (Å²) < 4.78 is 0. The van der Waals surface area contributed by atoms with Gasteiger partial charge >= 0.3 is 0 Å². The minimum atomic E-state index is 0. The maximum atomic E-state index is 12.4. The SMILES string of the molecule is Cl.Cl.NCc1nc(C(=O)N2CCN(c3ccccc3)CC2)cs1. The molecular weight excluding hydrogens is 355 g/mol. The van der Waals surface area contributed by atoms with E-state index in [1.54, 1.807) is 5.38 Å². The Bertz CT molecular complexity index is 615. The van der Waals surface area contributed by atoms with Crippen LogP contribution in [-0.4, -0.2) is 42.0 Å². The number of hydrogen-bond donors (Lipinski definition) is 1. The predicted molar refractivity (Wildman–Crippen MR) is 99.1 cm³/mol. The molecule has 0 spiro atoms. The van der Waals surface area contributed by atoms with E-state index in [4.69, 9.17) is 5.73 Å². The number of carbonyl (C=O) groups is 1. The van der Waals surface area contributed by atoms with E-state index in [0.29, 0.717) is 12.2 Å². The van der Waals surface area contributed by atoms with Crippen molar-refractivity contribution in [1.29, 1.82) is 0 Å². The Labute approximate surface area is 152 Å². The molecule has 0 atom stereocenters. The minimum absolute atomic E-state index is 0. The molecule has 2 heterocycles. The molecule has 0 radical (unpaired) electrons. The van der Waals surface area contributed by atoms with E-state index in [9.17, 15) is 4.79 Å². The number of piperazine rings is 1. The molecule has 1 fully saturated rings. The van der Waals surface area contributed by atoms with Gasteiger partial charge in [0.25, 0.3) is 5.91 Å². The molecule has 1 amide bonds. The Morgan fingerprint density at radius 2 is 1.78 bits per heavy atom. The van der Waals surface area contributed by atoms with Gasteiger partial charge in [-0.05, 0) is 12.1 Å². The Kier molecular flexibility index (Phi) is 7.78. The molecule has 0 aliphatic carbocycles. The lowest BCUT2D eigenvalue weighted by Crippen LogP contribution is -2.48. The molecule has 1 saturated heterocycles. The van der Waals surface area contributed by atoms with Crippen molar-refractivity contribution >= 4 is 47.7 Å². The lowest BCUT2D eigenvalue weighted by atomic mass is 10.2. The van der Waals surface area contributed by atoms with Gasteiger partial charge in [0, 0.05) is 43.8 Å². The van der Waals surface area contributed by atoms with Crippen molar-refractivity contribution in [2.24, 2.45) is 5.73 Å². The van der Waals surface area contributed by atoms with E-state index in [2.05, 4.69) is 22.0 Å². The fraction of sp³-hybridized carbons (Fsp3) is 0.333. The molecule has 23 heavy (non-hydrogen) atoms. The van der Waals surface area contributed by atoms with Crippen LogP contribution in [0.5, 0.6) is 0 Å². The lowest BCUT2D eigenvalue weighted by Gasteiger charge is -2.35. The number of aromatic nitrogens is 1. The number of nitrogens with zero attached hydrogens (tertiary/aromatic N) is 3. The summed E-state index contributed by atoms with van der Waals surface area (Å²) >= 11 is 1.45. The van der Waals surface area contributed by atoms with Gasteiger partial charge in [0.05, 0.1) is 0 Å². The van der Waals surface area contributed by atoms with Crippen molar-refractivity contribution in [3.63, 3.8) is 0 Å². The van der Waals surface area contributed by atoms with Crippen molar-refractivity contribution in [3.05, 3.63) is 46.4 Å². The molecule has 1 aliphatic heterocycles. The van der Waals surface area contributed by atoms with Gasteiger partial charge in [-0.2, -0.15) is 0 Å². The molecule has 0 unspecified atom stereocenters. The van der Waals surface area contributed by atoms with Crippen LogP contribution in [0.1, 0.15) is 15.5 Å². The molecule has 1 aliphatic rings. The first-order valence-corrected chi connectivity index (χ1v) is 7.89. The van der Waals surface area contributed by atoms with Crippen LogP contribution in [0, 0.1) is 0 Å². The van der Waals surface area contributed by atoms with Gasteiger partial charge in [-0.1, -0.05) is 18.2 Å². The normalized spacial score (nSPS) is 14.0. The average Bonchev–Trinajstić information content (AvgIpc) is 3.04. The molecular formula is C15H20Cl2N4OS. The maximum Gasteiger partial charge on any atom is 0.273 e. The first-order valence-electron chi connectivity index (χ1n) is 7.01. The monoisotopic (exact) mass is 374 g/mol. The van der Waals surface area contributed by atoms with Crippen LogP contribution in [0.3, 0.4) is 0 Å². The van der Waals surface area contributed by atoms with Crippen molar-refractivity contribution in [2.75, 3.05) is 31.1 Å². The summed E-state index contributed by atoms with van der Waals surface area (Å²) in [5.74, 6) is 0.0126. The van der Waals surface area contributed by atoms with Crippen LogP contribution in [0.2, 0.25) is 0 Å². The highest BCUT2D eigenvalue weighted by atomic mass is 35.5. The second-order valence-electron chi connectivity index (χ2n) is 4.95. The summed E-state index contributed by atoms with van der Waals surface area (Å²) in [5.41, 5.74) is 7.27. The van der Waals surface area contributed by atoms with E-state index in [-0.39, 0.29) is 30.7 Å². The maximum absolute atomic E-state index is 12.4. The second-order valence-corrected chi connectivity index (χ2v) is 5.89. The van der Waals surface area contributed by atoms with Crippen LogP contribution in [-0.2, 0) is 6.54 Å². The summed E-state index contributed by atoms with van der Waals surface area (Å²) in [6.45, 7) is 3.54. The zero-order valence-electron chi connectivity index (χ0n) is 12.6. The number of para-hydroxylation sites is 1. The van der Waals surface area contributed by atoms with Gasteiger partial charge in [0.1, 0.15) is 10.7 Å². The largest absolute Gasteiger partial charge is 0.368 e. The number of thiazole rings is 1. The smallest absolute Gasteiger partial charge is 0.273 e. The first kappa shape index (κ1) is 19.7. The minimum Gasteiger partial charge on any atom is -0.368 e. The molecule has 3 rings (SSSR count). The van der Waals surface area contributed by atoms with Gasteiger partial charge in [0.2, 0.25) is 0 Å². The zero-order valence-corrected chi connectivity index (χ0v) is 15.0. The Balaban J connectivity index is 0.00000132. The van der Waals surface area contributed by atoms with Crippen LogP contribution in [0.15, 0.2) is 35.7 Å². The first-order chi connectivity index (χ1) is 10.3. The number of benzene rings is 1. The summed E-state index contributed by atoms with van der Waals surface area (Å²) in [5, 5.41) is 2.61. The summed E-state index contributed by atoms with van der Waals surface area (Å²) in [4.78, 5) is 20.8. The van der Waals surface area contributed by atoms with Crippen molar-refractivity contribution < 1.29 is 4.79 Å². The molecule has 8 heteroatoms. The highest BCUT2D eigenvalue weighted by molar-refractivity contribution is 7.09. The standard InChI is InChI=1S/C15H18N4OS.2ClH/c16-10-14-17-13(11-21-14)15(20)19-8-6-18(7-9-19)12-4-2-1-3-5-12;;/h1-5,11H,6-10,16H2;2*1H. The van der Waals surface area contributed by atoms with E-state index in [1.165, 1.54) is 17.0 Å². The zero-order chi connectivity index (χ0) is 14.7. The number of nitrogens with two attached hydrogens (primary N) is 1. The Morgan fingerprint density at radius 3 is 2.35 bits per heavy atom. The fourth-order valence-corrected chi connectivity index (χ4v) is 3.12. The molecule has 5 nitrogen and oxygen atoms in total. The molecule has 2 N–H and O–H groups in total.